The van der Waals surface area contributed by atoms with E-state index in [9.17, 15) is 18.4 Å². The molecule has 0 aliphatic heterocycles. The van der Waals surface area contributed by atoms with Gasteiger partial charge >= 0.3 is 5.97 Å². The van der Waals surface area contributed by atoms with Crippen LogP contribution in [0.5, 0.6) is 0 Å². The molecule has 3 heterocycles. The quantitative estimate of drug-likeness (QED) is 0.408. The summed E-state index contributed by atoms with van der Waals surface area (Å²) < 4.78 is 35.4. The number of ether oxygens (including phenoxy) is 1. The minimum atomic E-state index is -1.03. The van der Waals surface area contributed by atoms with Gasteiger partial charge in [-0.25, -0.2) is 23.1 Å². The van der Waals surface area contributed by atoms with Crippen LogP contribution in [0.25, 0.3) is 5.52 Å². The second-order valence-electron chi connectivity index (χ2n) is 7.63. The van der Waals surface area contributed by atoms with Crippen LogP contribution in [0.4, 0.5) is 26.0 Å². The number of halogens is 2. The summed E-state index contributed by atoms with van der Waals surface area (Å²) in [5.74, 6) is -3.24. The molecule has 0 bridgehead atoms. The number of nitrogens with zero attached hydrogens (tertiary/aromatic N) is 4. The Morgan fingerprint density at radius 3 is 2.50 bits per heavy atom. The number of esters is 1. The van der Waals surface area contributed by atoms with E-state index in [1.165, 1.54) is 48.7 Å². The van der Waals surface area contributed by atoms with E-state index in [4.69, 9.17) is 4.74 Å². The van der Waals surface area contributed by atoms with E-state index < -0.39 is 23.5 Å². The Hall–Kier alpha value is -4.41. The minimum Gasteiger partial charge on any atom is -0.465 e. The lowest BCUT2D eigenvalue weighted by Crippen LogP contribution is -2.15. The molecule has 0 atom stereocenters. The van der Waals surface area contributed by atoms with Crippen molar-refractivity contribution in [2.24, 2.45) is 0 Å². The average Bonchev–Trinajstić information content (AvgIpc) is 3.22. The lowest BCUT2D eigenvalue weighted by Gasteiger charge is -2.13. The summed E-state index contributed by atoms with van der Waals surface area (Å²) in [6, 6.07) is 4.74. The predicted octanol–water partition coefficient (Wildman–Crippen LogP) is 4.31. The van der Waals surface area contributed by atoms with Crippen LogP contribution in [0.15, 0.2) is 49.2 Å². The molecule has 2 N–H and O–H groups in total. The fraction of sp³-hybridized carbons (Fsp3) is 0.174. The van der Waals surface area contributed by atoms with Gasteiger partial charge in [0.1, 0.15) is 23.5 Å². The van der Waals surface area contributed by atoms with Crippen LogP contribution in [0.3, 0.4) is 0 Å². The number of pyridine rings is 1. The fourth-order valence-corrected chi connectivity index (χ4v) is 3.56. The van der Waals surface area contributed by atoms with Crippen LogP contribution < -0.4 is 10.6 Å². The number of amides is 1. The molecule has 3 aromatic heterocycles. The normalized spacial score (nSPS) is 11.0. The summed E-state index contributed by atoms with van der Waals surface area (Å²) in [6.45, 7) is 3.75. The highest BCUT2D eigenvalue weighted by atomic mass is 19.1. The topological polar surface area (TPSA) is 111 Å². The number of methoxy groups -OCH3 is 1. The van der Waals surface area contributed by atoms with Crippen molar-refractivity contribution < 1.29 is 23.1 Å². The van der Waals surface area contributed by atoms with Gasteiger partial charge in [-0.05, 0) is 24.1 Å². The number of carbonyl (C=O) groups excluding carboxylic acids is 2. The molecule has 0 aliphatic carbocycles. The smallest absolute Gasteiger partial charge is 0.339 e. The van der Waals surface area contributed by atoms with Crippen LogP contribution >= 0.6 is 0 Å². The van der Waals surface area contributed by atoms with Crippen molar-refractivity contribution in [3.05, 3.63) is 77.5 Å². The van der Waals surface area contributed by atoms with E-state index >= 15 is 0 Å². The summed E-state index contributed by atoms with van der Waals surface area (Å²) in [7, 11) is 1.27. The van der Waals surface area contributed by atoms with E-state index in [-0.39, 0.29) is 28.6 Å². The van der Waals surface area contributed by atoms with Gasteiger partial charge in [0.15, 0.2) is 5.82 Å². The highest BCUT2D eigenvalue weighted by Crippen LogP contribution is 2.33. The van der Waals surface area contributed by atoms with Crippen molar-refractivity contribution in [1.29, 1.82) is 0 Å². The molecule has 0 saturated carbocycles. The van der Waals surface area contributed by atoms with Crippen LogP contribution in [0, 0.1) is 11.6 Å². The molecule has 0 spiro atoms. The van der Waals surface area contributed by atoms with Gasteiger partial charge in [-0.3, -0.25) is 9.78 Å². The summed E-state index contributed by atoms with van der Waals surface area (Å²) in [5.41, 5.74) is 1.15. The zero-order valence-corrected chi connectivity index (χ0v) is 18.5. The lowest BCUT2D eigenvalue weighted by molar-refractivity contribution is 0.0599. The molecule has 1 amide bonds. The third kappa shape index (κ3) is 4.27. The van der Waals surface area contributed by atoms with Gasteiger partial charge < -0.3 is 15.4 Å². The van der Waals surface area contributed by atoms with Gasteiger partial charge in [0.2, 0.25) is 0 Å². The summed E-state index contributed by atoms with van der Waals surface area (Å²) >= 11 is 0. The molecular weight excluding hydrogens is 446 g/mol. The molecule has 0 aliphatic rings. The van der Waals surface area contributed by atoms with E-state index in [1.54, 1.807) is 0 Å². The maximum Gasteiger partial charge on any atom is 0.339 e. The Balaban J connectivity index is 1.76. The van der Waals surface area contributed by atoms with E-state index in [0.717, 1.165) is 6.07 Å². The zero-order valence-electron chi connectivity index (χ0n) is 18.5. The van der Waals surface area contributed by atoms with Crippen molar-refractivity contribution in [3.8, 4) is 0 Å². The number of anilines is 3. The molecule has 0 saturated heterocycles. The first-order valence-corrected chi connectivity index (χ1v) is 10.2. The van der Waals surface area contributed by atoms with Gasteiger partial charge in [-0.15, -0.1) is 0 Å². The van der Waals surface area contributed by atoms with Crippen molar-refractivity contribution >= 4 is 34.6 Å². The molecule has 174 valence electrons. The van der Waals surface area contributed by atoms with Crippen molar-refractivity contribution in [2.45, 2.75) is 19.8 Å². The largest absolute Gasteiger partial charge is 0.465 e. The summed E-state index contributed by atoms with van der Waals surface area (Å²) in [5, 5.41) is 9.47. The third-order valence-electron chi connectivity index (χ3n) is 5.09. The predicted molar refractivity (Wildman–Crippen MR) is 120 cm³/mol. The molecular formula is C23H20F2N6O3. The van der Waals surface area contributed by atoms with E-state index in [2.05, 4.69) is 25.7 Å². The van der Waals surface area contributed by atoms with Crippen molar-refractivity contribution in [3.63, 3.8) is 0 Å². The highest BCUT2D eigenvalue weighted by molar-refractivity contribution is 6.05. The number of rotatable bonds is 6. The standard InChI is InChI=1S/C23H20F2N6O3/c1-12(2)19-15(23(33)34-3)10-31-20(19)21(27-11-28-31)30-18-8-14(16(24)9-17(18)25)22(32)29-13-4-6-26-7-5-13/h4-12H,1-3H3,(H,26,29,32)(H,27,28,30). The second kappa shape index (κ2) is 9.22. The molecule has 9 nitrogen and oxygen atoms in total. The van der Waals surface area contributed by atoms with Crippen LogP contribution in [0.2, 0.25) is 0 Å². The van der Waals surface area contributed by atoms with Crippen LogP contribution in [-0.4, -0.2) is 38.6 Å². The van der Waals surface area contributed by atoms with Gasteiger partial charge in [0.25, 0.3) is 5.91 Å². The molecule has 1 aromatic carbocycles. The van der Waals surface area contributed by atoms with E-state index in [0.29, 0.717) is 22.8 Å². The molecule has 0 radical (unpaired) electrons. The van der Waals surface area contributed by atoms with Crippen molar-refractivity contribution in [1.82, 2.24) is 19.6 Å². The number of fused-ring (bicyclic) bond motifs is 1. The number of carbonyl (C=O) groups is 2. The van der Waals surface area contributed by atoms with Gasteiger partial charge in [0, 0.05) is 35.9 Å². The molecule has 4 rings (SSSR count). The average molecular weight is 466 g/mol. The second-order valence-corrected chi connectivity index (χ2v) is 7.63. The first-order chi connectivity index (χ1) is 16.3. The Bertz CT molecular complexity index is 1390. The van der Waals surface area contributed by atoms with E-state index in [1.807, 2.05) is 13.8 Å². The van der Waals surface area contributed by atoms with Gasteiger partial charge in [-0.2, -0.15) is 5.10 Å². The van der Waals surface area contributed by atoms with Crippen LogP contribution in [0.1, 0.15) is 46.0 Å². The molecule has 11 heteroatoms. The fourth-order valence-electron chi connectivity index (χ4n) is 3.56. The summed E-state index contributed by atoms with van der Waals surface area (Å²) in [6.07, 6.45) is 5.66. The Labute approximate surface area is 192 Å². The highest BCUT2D eigenvalue weighted by Gasteiger charge is 2.24. The Kier molecular flexibility index (Phi) is 6.17. The zero-order chi connectivity index (χ0) is 24.4. The Morgan fingerprint density at radius 2 is 1.82 bits per heavy atom. The molecule has 0 unspecified atom stereocenters. The number of aromatic nitrogens is 4. The van der Waals surface area contributed by atoms with Gasteiger partial charge in [0.05, 0.1) is 23.9 Å². The maximum atomic E-state index is 14.7. The first kappa shape index (κ1) is 22.8. The molecule has 4 aromatic rings. The maximum absolute atomic E-state index is 14.7. The SMILES string of the molecule is COC(=O)c1cn2ncnc(Nc3cc(C(=O)Nc4ccncc4)c(F)cc3F)c2c1C(C)C. The van der Waals surface area contributed by atoms with Crippen molar-refractivity contribution in [2.75, 3.05) is 17.7 Å². The number of hydrogen-bond donors (Lipinski definition) is 2. The summed E-state index contributed by atoms with van der Waals surface area (Å²) in [4.78, 5) is 32.9. The first-order valence-electron chi connectivity index (χ1n) is 10.2. The Morgan fingerprint density at radius 1 is 1.09 bits per heavy atom. The monoisotopic (exact) mass is 466 g/mol. The minimum absolute atomic E-state index is 0.134. The molecule has 34 heavy (non-hydrogen) atoms. The number of nitrogens with one attached hydrogen (secondary N) is 2. The number of hydrogen-bond acceptors (Lipinski definition) is 7. The number of benzene rings is 1. The van der Waals surface area contributed by atoms with Gasteiger partial charge in [-0.1, -0.05) is 13.8 Å². The lowest BCUT2D eigenvalue weighted by atomic mass is 10.00. The van der Waals surface area contributed by atoms with Crippen LogP contribution in [-0.2, 0) is 4.74 Å². The molecule has 0 fully saturated rings. The third-order valence-corrected chi connectivity index (χ3v) is 5.09.